The molecular formula is C26H26FN3O. The molecular weight excluding hydrogens is 389 g/mol. The molecule has 1 heterocycles. The van der Waals surface area contributed by atoms with Gasteiger partial charge in [-0.25, -0.2) is 4.39 Å². The second-order valence-electron chi connectivity index (χ2n) is 7.94. The molecule has 0 aliphatic heterocycles. The van der Waals surface area contributed by atoms with Gasteiger partial charge in [-0.3, -0.25) is 4.79 Å². The van der Waals surface area contributed by atoms with Crippen LogP contribution in [0.1, 0.15) is 22.6 Å². The molecule has 1 amide bonds. The molecule has 1 atom stereocenters. The van der Waals surface area contributed by atoms with Crippen LogP contribution in [0.3, 0.4) is 0 Å². The molecule has 1 unspecified atom stereocenters. The summed E-state index contributed by atoms with van der Waals surface area (Å²) in [7, 11) is 4.03. The zero-order valence-electron chi connectivity index (χ0n) is 17.7. The molecule has 0 bridgehead atoms. The summed E-state index contributed by atoms with van der Waals surface area (Å²) in [5, 5.41) is 4.23. The summed E-state index contributed by atoms with van der Waals surface area (Å²) in [6, 6.07) is 22.7. The highest BCUT2D eigenvalue weighted by Crippen LogP contribution is 2.31. The Morgan fingerprint density at radius 2 is 1.71 bits per heavy atom. The van der Waals surface area contributed by atoms with Crippen LogP contribution in [0.15, 0.2) is 79.0 Å². The van der Waals surface area contributed by atoms with Crippen molar-refractivity contribution in [3.63, 3.8) is 0 Å². The number of H-pyrrole nitrogens is 1. The first-order valence-corrected chi connectivity index (χ1v) is 10.4. The zero-order chi connectivity index (χ0) is 21.8. The SMILES string of the molecule is CN(C)c1ccc(C(CNC(=O)Cc2ccc(F)cc2)c2c[nH]c3ccccc23)cc1. The second-order valence-corrected chi connectivity index (χ2v) is 7.94. The number of aromatic nitrogens is 1. The molecule has 0 aliphatic carbocycles. The number of halogens is 1. The number of nitrogens with one attached hydrogen (secondary N) is 2. The number of amides is 1. The lowest BCUT2D eigenvalue weighted by atomic mass is 9.90. The van der Waals surface area contributed by atoms with Crippen molar-refractivity contribution in [3.8, 4) is 0 Å². The van der Waals surface area contributed by atoms with Crippen LogP contribution >= 0.6 is 0 Å². The van der Waals surface area contributed by atoms with Crippen molar-refractivity contribution in [1.29, 1.82) is 0 Å². The predicted octanol–water partition coefficient (Wildman–Crippen LogP) is 4.86. The zero-order valence-corrected chi connectivity index (χ0v) is 17.7. The maximum absolute atomic E-state index is 13.1. The van der Waals surface area contributed by atoms with Crippen LogP contribution in [0.2, 0.25) is 0 Å². The molecule has 0 fully saturated rings. The minimum absolute atomic E-state index is 0.00419. The molecule has 4 rings (SSSR count). The van der Waals surface area contributed by atoms with E-state index in [2.05, 4.69) is 51.6 Å². The molecule has 0 aliphatic rings. The fraction of sp³-hybridized carbons (Fsp3) is 0.192. The highest BCUT2D eigenvalue weighted by Gasteiger charge is 2.19. The smallest absolute Gasteiger partial charge is 0.224 e. The van der Waals surface area contributed by atoms with E-state index in [0.717, 1.165) is 33.3 Å². The van der Waals surface area contributed by atoms with Crippen molar-refractivity contribution in [3.05, 3.63) is 102 Å². The van der Waals surface area contributed by atoms with Gasteiger partial charge in [-0.05, 0) is 47.0 Å². The van der Waals surface area contributed by atoms with Crippen LogP contribution in [0.25, 0.3) is 10.9 Å². The highest BCUT2D eigenvalue weighted by molar-refractivity contribution is 5.84. The Morgan fingerprint density at radius 1 is 1.00 bits per heavy atom. The van der Waals surface area contributed by atoms with Crippen LogP contribution < -0.4 is 10.2 Å². The summed E-state index contributed by atoms with van der Waals surface area (Å²) in [6.07, 6.45) is 2.25. The second kappa shape index (κ2) is 9.04. The van der Waals surface area contributed by atoms with Crippen LogP contribution in [-0.4, -0.2) is 31.5 Å². The van der Waals surface area contributed by atoms with E-state index in [4.69, 9.17) is 0 Å². The van der Waals surface area contributed by atoms with E-state index in [9.17, 15) is 9.18 Å². The molecule has 3 aromatic carbocycles. The number of hydrogen-bond donors (Lipinski definition) is 2. The fourth-order valence-electron chi connectivity index (χ4n) is 3.86. The highest BCUT2D eigenvalue weighted by atomic mass is 19.1. The molecule has 4 aromatic rings. The van der Waals surface area contributed by atoms with Crippen LogP contribution in [0.4, 0.5) is 10.1 Å². The number of hydrogen-bond acceptors (Lipinski definition) is 2. The number of carbonyl (C=O) groups is 1. The van der Waals surface area contributed by atoms with Gasteiger partial charge in [0.2, 0.25) is 5.91 Å². The quantitative estimate of drug-likeness (QED) is 0.453. The molecule has 0 saturated heterocycles. The van der Waals surface area contributed by atoms with Crippen molar-refractivity contribution >= 4 is 22.5 Å². The minimum atomic E-state index is -0.301. The lowest BCUT2D eigenvalue weighted by Gasteiger charge is -2.20. The van der Waals surface area contributed by atoms with Gasteiger partial charge in [0.05, 0.1) is 6.42 Å². The van der Waals surface area contributed by atoms with E-state index in [1.807, 2.05) is 32.4 Å². The van der Waals surface area contributed by atoms with Crippen molar-refractivity contribution in [2.45, 2.75) is 12.3 Å². The van der Waals surface area contributed by atoms with Crippen LogP contribution in [0, 0.1) is 5.82 Å². The number of aromatic amines is 1. The minimum Gasteiger partial charge on any atom is -0.378 e. The van der Waals surface area contributed by atoms with E-state index in [-0.39, 0.29) is 24.1 Å². The molecule has 158 valence electrons. The van der Waals surface area contributed by atoms with E-state index in [0.29, 0.717) is 6.54 Å². The van der Waals surface area contributed by atoms with Crippen molar-refractivity contribution < 1.29 is 9.18 Å². The van der Waals surface area contributed by atoms with Crippen LogP contribution in [0.5, 0.6) is 0 Å². The number of carbonyl (C=O) groups excluding carboxylic acids is 1. The standard InChI is InChI=1S/C26H26FN3O/c1-30(2)21-13-9-19(10-14-21)23(24-17-28-25-6-4-3-5-22(24)25)16-29-26(31)15-18-7-11-20(27)12-8-18/h3-14,17,23,28H,15-16H2,1-2H3,(H,29,31). The number of rotatable bonds is 7. The normalized spacial score (nSPS) is 12.0. The Kier molecular flexibility index (Phi) is 6.03. The monoisotopic (exact) mass is 415 g/mol. The molecule has 5 heteroatoms. The summed E-state index contributed by atoms with van der Waals surface area (Å²) >= 11 is 0. The van der Waals surface area contributed by atoms with Crippen molar-refractivity contribution in [1.82, 2.24) is 10.3 Å². The Labute approximate surface area is 181 Å². The van der Waals surface area contributed by atoms with Gasteiger partial charge < -0.3 is 15.2 Å². The third-order valence-electron chi connectivity index (χ3n) is 5.59. The van der Waals surface area contributed by atoms with Gasteiger partial charge in [-0.15, -0.1) is 0 Å². The number of nitrogens with zero attached hydrogens (tertiary/aromatic N) is 1. The topological polar surface area (TPSA) is 48.1 Å². The molecule has 4 nitrogen and oxygen atoms in total. The number of fused-ring (bicyclic) bond motifs is 1. The Hall–Kier alpha value is -3.60. The molecule has 1 aromatic heterocycles. The number of benzene rings is 3. The van der Waals surface area contributed by atoms with Crippen molar-refractivity contribution in [2.24, 2.45) is 0 Å². The Balaban J connectivity index is 1.58. The Bertz CT molecular complexity index is 1160. The lowest BCUT2D eigenvalue weighted by Crippen LogP contribution is -2.30. The van der Waals surface area contributed by atoms with Gasteiger partial charge in [-0.1, -0.05) is 42.5 Å². The fourth-order valence-corrected chi connectivity index (χ4v) is 3.86. The maximum Gasteiger partial charge on any atom is 0.224 e. The van der Waals surface area contributed by atoms with E-state index >= 15 is 0 Å². The maximum atomic E-state index is 13.1. The number of anilines is 1. The molecule has 0 radical (unpaired) electrons. The third kappa shape index (κ3) is 4.77. The van der Waals surface area contributed by atoms with Gasteiger partial charge >= 0.3 is 0 Å². The average molecular weight is 416 g/mol. The van der Waals surface area contributed by atoms with Crippen LogP contribution in [-0.2, 0) is 11.2 Å². The first-order valence-electron chi connectivity index (χ1n) is 10.4. The summed E-state index contributed by atoms with van der Waals surface area (Å²) < 4.78 is 13.1. The Morgan fingerprint density at radius 3 is 2.42 bits per heavy atom. The lowest BCUT2D eigenvalue weighted by molar-refractivity contribution is -0.120. The predicted molar refractivity (Wildman–Crippen MR) is 124 cm³/mol. The molecule has 2 N–H and O–H groups in total. The molecule has 0 saturated carbocycles. The average Bonchev–Trinajstić information content (AvgIpc) is 3.20. The largest absolute Gasteiger partial charge is 0.378 e. The summed E-state index contributed by atoms with van der Waals surface area (Å²) in [6.45, 7) is 0.475. The van der Waals surface area contributed by atoms with Gasteiger partial charge in [0, 0.05) is 49.3 Å². The van der Waals surface area contributed by atoms with E-state index in [1.54, 1.807) is 12.1 Å². The number of para-hydroxylation sites is 1. The van der Waals surface area contributed by atoms with Gasteiger partial charge in [0.25, 0.3) is 0 Å². The summed E-state index contributed by atoms with van der Waals surface area (Å²) in [5.74, 6) is -0.379. The third-order valence-corrected chi connectivity index (χ3v) is 5.59. The van der Waals surface area contributed by atoms with Gasteiger partial charge in [0.15, 0.2) is 0 Å². The first kappa shape index (κ1) is 20.7. The molecule has 0 spiro atoms. The summed E-state index contributed by atoms with van der Waals surface area (Å²) in [5.41, 5.74) is 5.28. The van der Waals surface area contributed by atoms with E-state index in [1.165, 1.54) is 12.1 Å². The van der Waals surface area contributed by atoms with Crippen molar-refractivity contribution in [2.75, 3.05) is 25.5 Å². The van der Waals surface area contributed by atoms with Gasteiger partial charge in [0.1, 0.15) is 5.82 Å². The summed E-state index contributed by atoms with van der Waals surface area (Å²) in [4.78, 5) is 18.0. The van der Waals surface area contributed by atoms with E-state index < -0.39 is 0 Å². The first-order chi connectivity index (χ1) is 15.0. The van der Waals surface area contributed by atoms with Gasteiger partial charge in [-0.2, -0.15) is 0 Å². The molecule has 31 heavy (non-hydrogen) atoms.